The predicted octanol–water partition coefficient (Wildman–Crippen LogP) is 11.6. The van der Waals surface area contributed by atoms with E-state index in [2.05, 4.69) is 47.0 Å². The second-order valence-corrected chi connectivity index (χ2v) is 12.4. The number of aromatic nitrogens is 4. The van der Waals surface area contributed by atoms with Crippen molar-refractivity contribution in [2.75, 3.05) is 0 Å². The van der Waals surface area contributed by atoms with E-state index >= 15 is 0 Å². The molecule has 0 amide bonds. The Bertz CT molecular complexity index is 2630. The smallest absolute Gasteiger partial charge is 0.166 e. The molecular formula is C45H28F2N4. The van der Waals surface area contributed by atoms with Crippen molar-refractivity contribution in [1.29, 1.82) is 0 Å². The van der Waals surface area contributed by atoms with Gasteiger partial charge in [0.15, 0.2) is 17.5 Å². The van der Waals surface area contributed by atoms with Gasteiger partial charge in [0.1, 0.15) is 11.6 Å². The fourth-order valence-electron chi connectivity index (χ4n) is 6.78. The van der Waals surface area contributed by atoms with E-state index in [1.807, 2.05) is 109 Å². The number of halogens is 2. The molecule has 242 valence electrons. The van der Waals surface area contributed by atoms with Gasteiger partial charge in [0.2, 0.25) is 0 Å². The lowest BCUT2D eigenvalue weighted by atomic mass is 10.0. The highest BCUT2D eigenvalue weighted by atomic mass is 19.1. The predicted molar refractivity (Wildman–Crippen MR) is 201 cm³/mol. The number of benzene rings is 7. The number of hydrogen-bond donors (Lipinski definition) is 0. The van der Waals surface area contributed by atoms with Crippen LogP contribution in [0.4, 0.5) is 8.78 Å². The van der Waals surface area contributed by atoms with Crippen molar-refractivity contribution < 1.29 is 8.78 Å². The molecule has 0 aliphatic heterocycles. The largest absolute Gasteiger partial charge is 0.308 e. The molecule has 4 nitrogen and oxygen atoms in total. The summed E-state index contributed by atoms with van der Waals surface area (Å²) < 4.78 is 31.4. The molecule has 0 N–H and O–H groups in total. The van der Waals surface area contributed by atoms with Crippen LogP contribution in [-0.4, -0.2) is 19.5 Å². The molecule has 0 saturated heterocycles. The Morgan fingerprint density at radius 3 is 1.51 bits per heavy atom. The second kappa shape index (κ2) is 12.6. The fraction of sp³-hybridized carbons (Fsp3) is 0. The SMILES string of the molecule is Fc1cc(F)cc(-c2ccc(-c3nc(-c4ccccc4)nc(-c4ccccc4)n3)c(-n3c4ccccc4c4ccc(-c5ccccc5)cc43)c2)c1. The molecule has 0 aliphatic rings. The first-order chi connectivity index (χ1) is 25.1. The zero-order valence-corrected chi connectivity index (χ0v) is 27.2. The molecule has 51 heavy (non-hydrogen) atoms. The normalized spacial score (nSPS) is 11.3. The highest BCUT2D eigenvalue weighted by Crippen LogP contribution is 2.39. The number of hydrogen-bond acceptors (Lipinski definition) is 3. The van der Waals surface area contributed by atoms with Crippen molar-refractivity contribution in [3.63, 3.8) is 0 Å². The standard InChI is InChI=1S/C45H28F2N4/c46-35-24-34(25-36(47)28-35)33-21-23-39(45-49-43(30-14-6-2-7-15-30)48-44(50-45)31-16-8-3-9-17-31)42(27-33)51-40-19-11-10-18-37(40)38-22-20-32(26-41(38)51)29-12-4-1-5-13-29/h1-28H. The molecule has 0 saturated carbocycles. The van der Waals surface area contributed by atoms with Gasteiger partial charge in [0.25, 0.3) is 0 Å². The molecule has 2 aromatic heterocycles. The lowest BCUT2D eigenvalue weighted by Gasteiger charge is -2.17. The van der Waals surface area contributed by atoms with Gasteiger partial charge in [-0.05, 0) is 58.7 Å². The Hall–Kier alpha value is -6.79. The van der Waals surface area contributed by atoms with Crippen LogP contribution in [0.5, 0.6) is 0 Å². The molecular weight excluding hydrogens is 635 g/mol. The van der Waals surface area contributed by atoms with Crippen LogP contribution >= 0.6 is 0 Å². The first-order valence-corrected chi connectivity index (χ1v) is 16.7. The molecule has 0 spiro atoms. The fourth-order valence-corrected chi connectivity index (χ4v) is 6.78. The van der Waals surface area contributed by atoms with E-state index in [0.717, 1.165) is 61.4 Å². The minimum absolute atomic E-state index is 0.427. The molecule has 0 bridgehead atoms. The molecule has 9 rings (SSSR count). The van der Waals surface area contributed by atoms with Crippen LogP contribution in [0.3, 0.4) is 0 Å². The highest BCUT2D eigenvalue weighted by Gasteiger charge is 2.21. The first-order valence-electron chi connectivity index (χ1n) is 16.7. The van der Waals surface area contributed by atoms with Gasteiger partial charge in [-0.2, -0.15) is 0 Å². The molecule has 7 aromatic carbocycles. The van der Waals surface area contributed by atoms with Crippen molar-refractivity contribution >= 4 is 21.8 Å². The zero-order chi connectivity index (χ0) is 34.3. The third-order valence-corrected chi connectivity index (χ3v) is 9.16. The van der Waals surface area contributed by atoms with E-state index in [1.165, 1.54) is 12.1 Å². The van der Waals surface area contributed by atoms with Crippen LogP contribution in [0.15, 0.2) is 170 Å². The van der Waals surface area contributed by atoms with Crippen molar-refractivity contribution in [2.24, 2.45) is 0 Å². The summed E-state index contributed by atoms with van der Waals surface area (Å²) in [7, 11) is 0. The van der Waals surface area contributed by atoms with Gasteiger partial charge in [0.05, 0.1) is 16.7 Å². The van der Waals surface area contributed by atoms with Gasteiger partial charge in [-0.25, -0.2) is 23.7 Å². The maximum Gasteiger partial charge on any atom is 0.166 e. The molecule has 6 heteroatoms. The van der Waals surface area contributed by atoms with Crippen LogP contribution < -0.4 is 0 Å². The number of rotatable bonds is 6. The summed E-state index contributed by atoms with van der Waals surface area (Å²) in [4.78, 5) is 15.0. The molecule has 0 radical (unpaired) electrons. The summed E-state index contributed by atoms with van der Waals surface area (Å²) in [6, 6.07) is 54.1. The minimum atomic E-state index is -0.641. The van der Waals surface area contributed by atoms with E-state index < -0.39 is 11.6 Å². The number of para-hydroxylation sites is 1. The van der Waals surface area contributed by atoms with Gasteiger partial charge in [0, 0.05) is 33.5 Å². The quantitative estimate of drug-likeness (QED) is 0.178. The topological polar surface area (TPSA) is 43.6 Å². The van der Waals surface area contributed by atoms with Gasteiger partial charge in [-0.15, -0.1) is 0 Å². The van der Waals surface area contributed by atoms with E-state index in [0.29, 0.717) is 28.6 Å². The Morgan fingerprint density at radius 2 is 0.863 bits per heavy atom. The average molecular weight is 663 g/mol. The maximum atomic E-state index is 14.6. The monoisotopic (exact) mass is 662 g/mol. The van der Waals surface area contributed by atoms with Crippen molar-refractivity contribution in [2.45, 2.75) is 0 Å². The minimum Gasteiger partial charge on any atom is -0.308 e. The third-order valence-electron chi connectivity index (χ3n) is 9.16. The Labute approximate surface area is 293 Å². The van der Waals surface area contributed by atoms with Crippen molar-refractivity contribution in [1.82, 2.24) is 19.5 Å². The van der Waals surface area contributed by atoms with Crippen LogP contribution in [0, 0.1) is 11.6 Å². The summed E-state index contributed by atoms with van der Waals surface area (Å²) >= 11 is 0. The lowest BCUT2D eigenvalue weighted by molar-refractivity contribution is 0.584. The van der Waals surface area contributed by atoms with E-state index in [9.17, 15) is 8.78 Å². The molecule has 0 atom stereocenters. The zero-order valence-electron chi connectivity index (χ0n) is 27.2. The summed E-state index contributed by atoms with van der Waals surface area (Å²) in [5.41, 5.74) is 8.40. The Balaban J connectivity index is 1.37. The summed E-state index contributed by atoms with van der Waals surface area (Å²) in [6.07, 6.45) is 0. The average Bonchev–Trinajstić information content (AvgIpc) is 3.51. The number of nitrogens with zero attached hydrogens (tertiary/aromatic N) is 4. The summed E-state index contributed by atoms with van der Waals surface area (Å²) in [5, 5.41) is 2.15. The van der Waals surface area contributed by atoms with Crippen LogP contribution in [0.2, 0.25) is 0 Å². The molecule has 0 fully saturated rings. The highest BCUT2D eigenvalue weighted by molar-refractivity contribution is 6.10. The van der Waals surface area contributed by atoms with Gasteiger partial charge in [-0.3, -0.25) is 0 Å². The molecule has 0 aliphatic carbocycles. The first kappa shape index (κ1) is 30.3. The third kappa shape index (κ3) is 5.63. The van der Waals surface area contributed by atoms with E-state index in [1.54, 1.807) is 0 Å². The summed E-state index contributed by atoms with van der Waals surface area (Å²) in [6.45, 7) is 0. The van der Waals surface area contributed by atoms with Crippen LogP contribution in [0.25, 0.3) is 83.9 Å². The van der Waals surface area contributed by atoms with Gasteiger partial charge < -0.3 is 4.57 Å². The number of fused-ring (bicyclic) bond motifs is 3. The van der Waals surface area contributed by atoms with Gasteiger partial charge in [-0.1, -0.05) is 127 Å². The van der Waals surface area contributed by atoms with Gasteiger partial charge >= 0.3 is 0 Å². The second-order valence-electron chi connectivity index (χ2n) is 12.4. The van der Waals surface area contributed by atoms with Crippen molar-refractivity contribution in [3.05, 3.63) is 181 Å². The Morgan fingerprint density at radius 1 is 0.353 bits per heavy atom. The van der Waals surface area contributed by atoms with E-state index in [4.69, 9.17) is 15.0 Å². The van der Waals surface area contributed by atoms with Crippen LogP contribution in [-0.2, 0) is 0 Å². The van der Waals surface area contributed by atoms with Crippen LogP contribution in [0.1, 0.15) is 0 Å². The lowest BCUT2D eigenvalue weighted by Crippen LogP contribution is -2.04. The maximum absolute atomic E-state index is 14.6. The van der Waals surface area contributed by atoms with Crippen molar-refractivity contribution in [3.8, 4) is 62.1 Å². The molecule has 0 unspecified atom stereocenters. The van der Waals surface area contributed by atoms with E-state index in [-0.39, 0.29) is 0 Å². The molecule has 9 aromatic rings. The summed E-state index contributed by atoms with van der Waals surface area (Å²) in [5.74, 6) is 0.264. The molecule has 2 heterocycles. The Kier molecular flexibility index (Phi) is 7.47.